The third-order valence-electron chi connectivity index (χ3n) is 1.77. The van der Waals surface area contributed by atoms with Gasteiger partial charge in [0, 0.05) is 4.47 Å². The standard InChI is InChI=1S/C8H5BrF2N2O4/c1-17-8(14)5-3(9)2-4(13(15)16)12-6(5)7(10)11/h2,7H,1H3. The molecule has 1 aromatic rings. The van der Waals surface area contributed by atoms with Crippen LogP contribution in [-0.2, 0) is 4.74 Å². The number of carbonyl (C=O) groups excluding carboxylic acids is 1. The zero-order chi connectivity index (χ0) is 13.2. The quantitative estimate of drug-likeness (QED) is 0.486. The molecule has 0 aromatic carbocycles. The van der Waals surface area contributed by atoms with E-state index in [0.29, 0.717) is 0 Å². The van der Waals surface area contributed by atoms with Gasteiger partial charge in [0.15, 0.2) is 0 Å². The lowest BCUT2D eigenvalue weighted by Gasteiger charge is -2.05. The maximum Gasteiger partial charge on any atom is 0.365 e. The highest BCUT2D eigenvalue weighted by molar-refractivity contribution is 9.10. The summed E-state index contributed by atoms with van der Waals surface area (Å²) in [6.07, 6.45) is -3.12. The molecule has 0 spiro atoms. The summed E-state index contributed by atoms with van der Waals surface area (Å²) < 4.78 is 29.4. The number of carbonyl (C=O) groups is 1. The van der Waals surface area contributed by atoms with E-state index in [-0.39, 0.29) is 4.47 Å². The van der Waals surface area contributed by atoms with Gasteiger partial charge in [0.25, 0.3) is 0 Å². The Morgan fingerprint density at radius 2 is 2.24 bits per heavy atom. The van der Waals surface area contributed by atoms with Gasteiger partial charge in [-0.05, 0) is 25.8 Å². The number of hydrogen-bond donors (Lipinski definition) is 0. The Balaban J connectivity index is 3.49. The first kappa shape index (κ1) is 13.4. The van der Waals surface area contributed by atoms with E-state index >= 15 is 0 Å². The maximum atomic E-state index is 12.6. The van der Waals surface area contributed by atoms with E-state index in [4.69, 9.17) is 0 Å². The number of nitro groups is 1. The van der Waals surface area contributed by atoms with Crippen LogP contribution in [0.25, 0.3) is 0 Å². The molecular formula is C8H5BrF2N2O4. The molecule has 0 aliphatic heterocycles. The normalized spacial score (nSPS) is 10.4. The van der Waals surface area contributed by atoms with Crippen molar-refractivity contribution in [3.63, 3.8) is 0 Å². The summed E-state index contributed by atoms with van der Waals surface area (Å²) >= 11 is 2.80. The van der Waals surface area contributed by atoms with Crippen molar-refractivity contribution < 1.29 is 23.2 Å². The van der Waals surface area contributed by atoms with Crippen molar-refractivity contribution >= 4 is 27.7 Å². The predicted octanol–water partition coefficient (Wildman–Crippen LogP) is 2.48. The predicted molar refractivity (Wildman–Crippen MR) is 54.9 cm³/mol. The molecule has 0 amide bonds. The fourth-order valence-electron chi connectivity index (χ4n) is 1.08. The third kappa shape index (κ3) is 2.73. The van der Waals surface area contributed by atoms with E-state index < -0.39 is 34.4 Å². The molecule has 6 nitrogen and oxygen atoms in total. The Morgan fingerprint density at radius 1 is 1.65 bits per heavy atom. The molecule has 92 valence electrons. The Labute approximate surface area is 102 Å². The molecular weight excluding hydrogens is 306 g/mol. The summed E-state index contributed by atoms with van der Waals surface area (Å²) in [4.78, 5) is 23.9. The van der Waals surface area contributed by atoms with Crippen LogP contribution in [0.1, 0.15) is 22.5 Å². The topological polar surface area (TPSA) is 82.3 Å². The average Bonchev–Trinajstić information content (AvgIpc) is 2.26. The number of rotatable bonds is 3. The lowest BCUT2D eigenvalue weighted by Crippen LogP contribution is -2.10. The number of esters is 1. The number of alkyl halides is 2. The summed E-state index contributed by atoms with van der Waals surface area (Å²) in [5.41, 5.74) is -1.51. The molecule has 0 saturated carbocycles. The van der Waals surface area contributed by atoms with Crippen molar-refractivity contribution in [3.05, 3.63) is 31.9 Å². The minimum Gasteiger partial charge on any atom is -0.465 e. The number of halogens is 3. The van der Waals surface area contributed by atoms with E-state index in [1.807, 2.05) is 0 Å². The Bertz CT molecular complexity index is 481. The van der Waals surface area contributed by atoms with Crippen LogP contribution in [0.5, 0.6) is 0 Å². The van der Waals surface area contributed by atoms with E-state index in [2.05, 4.69) is 25.7 Å². The molecule has 0 N–H and O–H groups in total. The summed E-state index contributed by atoms with van der Waals surface area (Å²) in [6.45, 7) is 0. The number of ether oxygens (including phenoxy) is 1. The highest BCUT2D eigenvalue weighted by atomic mass is 79.9. The van der Waals surface area contributed by atoms with Gasteiger partial charge in [0.2, 0.25) is 5.69 Å². The minimum atomic E-state index is -3.12. The first-order chi connectivity index (χ1) is 7.88. The van der Waals surface area contributed by atoms with Gasteiger partial charge < -0.3 is 14.9 Å². The van der Waals surface area contributed by atoms with Gasteiger partial charge in [0.1, 0.15) is 5.56 Å². The van der Waals surface area contributed by atoms with Crippen LogP contribution in [0.3, 0.4) is 0 Å². The fraction of sp³-hybridized carbons (Fsp3) is 0.250. The SMILES string of the molecule is COC(=O)c1c(Br)cc([N+](=O)[O-])nc1C(F)F. The van der Waals surface area contributed by atoms with E-state index in [1.165, 1.54) is 0 Å². The van der Waals surface area contributed by atoms with Crippen LogP contribution < -0.4 is 0 Å². The van der Waals surface area contributed by atoms with Crippen molar-refractivity contribution in [2.24, 2.45) is 0 Å². The molecule has 17 heavy (non-hydrogen) atoms. The monoisotopic (exact) mass is 310 g/mol. The molecule has 0 unspecified atom stereocenters. The number of nitrogens with zero attached hydrogens (tertiary/aromatic N) is 2. The molecule has 1 aromatic heterocycles. The lowest BCUT2D eigenvalue weighted by molar-refractivity contribution is -0.389. The fourth-order valence-corrected chi connectivity index (χ4v) is 1.64. The van der Waals surface area contributed by atoms with Crippen LogP contribution in [0.2, 0.25) is 0 Å². The van der Waals surface area contributed by atoms with Crippen molar-refractivity contribution in [3.8, 4) is 0 Å². The first-order valence-corrected chi connectivity index (χ1v) is 4.89. The molecule has 0 bridgehead atoms. The number of pyridine rings is 1. The second kappa shape index (κ2) is 5.13. The van der Waals surface area contributed by atoms with Crippen molar-refractivity contribution in [2.45, 2.75) is 6.43 Å². The van der Waals surface area contributed by atoms with Gasteiger partial charge in [-0.2, -0.15) is 0 Å². The van der Waals surface area contributed by atoms with Gasteiger partial charge in [-0.3, -0.25) is 0 Å². The van der Waals surface area contributed by atoms with E-state index in [0.717, 1.165) is 13.2 Å². The summed E-state index contributed by atoms with van der Waals surface area (Å²) in [6, 6.07) is 0.859. The van der Waals surface area contributed by atoms with Crippen LogP contribution in [0, 0.1) is 10.1 Å². The second-order valence-corrected chi connectivity index (χ2v) is 3.63. The Hall–Kier alpha value is -1.64. The minimum absolute atomic E-state index is 0.165. The van der Waals surface area contributed by atoms with E-state index in [9.17, 15) is 23.7 Å². The highest BCUT2D eigenvalue weighted by Crippen LogP contribution is 2.30. The van der Waals surface area contributed by atoms with Crippen LogP contribution in [0.4, 0.5) is 14.6 Å². The smallest absolute Gasteiger partial charge is 0.365 e. The van der Waals surface area contributed by atoms with Crippen molar-refractivity contribution in [2.75, 3.05) is 7.11 Å². The zero-order valence-corrected chi connectivity index (χ0v) is 9.90. The largest absolute Gasteiger partial charge is 0.465 e. The molecule has 0 fully saturated rings. The summed E-state index contributed by atoms with van der Waals surface area (Å²) in [5, 5.41) is 10.4. The molecule has 9 heteroatoms. The zero-order valence-electron chi connectivity index (χ0n) is 8.32. The first-order valence-electron chi connectivity index (χ1n) is 4.09. The van der Waals surface area contributed by atoms with Crippen LogP contribution in [0.15, 0.2) is 10.5 Å². The summed E-state index contributed by atoms with van der Waals surface area (Å²) in [7, 11) is 1.01. The van der Waals surface area contributed by atoms with Gasteiger partial charge in [-0.15, -0.1) is 0 Å². The molecule has 0 aliphatic rings. The van der Waals surface area contributed by atoms with Crippen LogP contribution in [-0.4, -0.2) is 23.0 Å². The molecule has 0 radical (unpaired) electrons. The maximum absolute atomic E-state index is 12.6. The number of methoxy groups -OCH3 is 1. The molecule has 0 atom stereocenters. The molecule has 1 heterocycles. The number of hydrogen-bond acceptors (Lipinski definition) is 5. The average molecular weight is 311 g/mol. The Morgan fingerprint density at radius 3 is 2.65 bits per heavy atom. The molecule has 1 rings (SSSR count). The van der Waals surface area contributed by atoms with Gasteiger partial charge in [0.05, 0.1) is 13.2 Å². The van der Waals surface area contributed by atoms with Crippen LogP contribution >= 0.6 is 15.9 Å². The molecule has 0 saturated heterocycles. The van der Waals surface area contributed by atoms with Crippen molar-refractivity contribution in [1.29, 1.82) is 0 Å². The Kier molecular flexibility index (Phi) is 4.05. The summed E-state index contributed by atoms with van der Waals surface area (Å²) in [5.74, 6) is -1.82. The van der Waals surface area contributed by atoms with Crippen molar-refractivity contribution in [1.82, 2.24) is 4.98 Å². The second-order valence-electron chi connectivity index (χ2n) is 2.77. The van der Waals surface area contributed by atoms with Gasteiger partial charge in [-0.1, -0.05) is 0 Å². The van der Waals surface area contributed by atoms with Gasteiger partial charge in [-0.25, -0.2) is 13.6 Å². The van der Waals surface area contributed by atoms with E-state index in [1.54, 1.807) is 0 Å². The third-order valence-corrected chi connectivity index (χ3v) is 2.39. The number of aromatic nitrogens is 1. The highest BCUT2D eigenvalue weighted by Gasteiger charge is 2.30. The van der Waals surface area contributed by atoms with Gasteiger partial charge >= 0.3 is 18.2 Å². The lowest BCUT2D eigenvalue weighted by atomic mass is 10.2. The molecule has 0 aliphatic carbocycles.